The molecule has 0 saturated carbocycles. The molecule has 4 rings (SSSR count). The van der Waals surface area contributed by atoms with Crippen molar-refractivity contribution < 1.29 is 0 Å². The molecule has 0 aliphatic carbocycles. The molecule has 1 N–H and O–H groups in total. The first-order chi connectivity index (χ1) is 18.0. The van der Waals surface area contributed by atoms with Crippen LogP contribution in [0.3, 0.4) is 0 Å². The third-order valence-electron chi connectivity index (χ3n) is 3.53. The highest BCUT2D eigenvalue weighted by Gasteiger charge is 1.90. The van der Waals surface area contributed by atoms with Gasteiger partial charge in [0, 0.05) is 29.8 Å². The maximum Gasteiger partial charge on any atom is 0.0413 e. The van der Waals surface area contributed by atoms with Crippen molar-refractivity contribution in [2.45, 2.75) is 95.5 Å². The number of nitrogens with one attached hydrogen (secondary N) is 1. The summed E-state index contributed by atoms with van der Waals surface area (Å²) in [5, 5.41) is 3.11. The van der Waals surface area contributed by atoms with Gasteiger partial charge in [0.25, 0.3) is 0 Å². The van der Waals surface area contributed by atoms with E-state index in [1.165, 1.54) is 12.0 Å². The fraction of sp³-hybridized carbons (Fsp3) is 0.412. The van der Waals surface area contributed by atoms with E-state index >= 15 is 0 Å². The summed E-state index contributed by atoms with van der Waals surface area (Å²) in [6.07, 6.45) is 12.9. The zero-order valence-corrected chi connectivity index (χ0v) is 26.0. The Kier molecular flexibility index (Phi) is 41.3. The summed E-state index contributed by atoms with van der Waals surface area (Å²) in [4.78, 5) is 7.96. The second-order valence-corrected chi connectivity index (χ2v) is 7.00. The molecule has 0 amide bonds. The predicted octanol–water partition coefficient (Wildman–Crippen LogP) is 10.3. The van der Waals surface area contributed by atoms with Crippen LogP contribution in [0.5, 0.6) is 0 Å². The molecule has 0 fully saturated rings. The Morgan fingerprint density at radius 3 is 1.19 bits per heavy atom. The second kappa shape index (κ2) is 37.4. The van der Waals surface area contributed by atoms with Gasteiger partial charge in [-0.1, -0.05) is 122 Å². The third kappa shape index (κ3) is 37.5. The molecule has 1 aliphatic rings. The summed E-state index contributed by atoms with van der Waals surface area (Å²) in [5.41, 5.74) is 3.47. The van der Waals surface area contributed by atoms with E-state index in [4.69, 9.17) is 0 Å². The van der Waals surface area contributed by atoms with E-state index in [0.717, 1.165) is 11.4 Å². The van der Waals surface area contributed by atoms with Gasteiger partial charge in [0.2, 0.25) is 0 Å². The fourth-order valence-corrected chi connectivity index (χ4v) is 1.98. The monoisotopic (exact) mass is 507 g/mol. The van der Waals surface area contributed by atoms with Gasteiger partial charge in [-0.05, 0) is 64.2 Å². The Balaban J connectivity index is -0.000000178. The first-order valence-electron chi connectivity index (χ1n) is 13.9. The zero-order chi connectivity index (χ0) is 29.2. The average molecular weight is 508 g/mol. The van der Waals surface area contributed by atoms with Crippen molar-refractivity contribution in [2.24, 2.45) is 0 Å². The van der Waals surface area contributed by atoms with Gasteiger partial charge in [-0.2, -0.15) is 0 Å². The van der Waals surface area contributed by atoms with Gasteiger partial charge in [0.15, 0.2) is 0 Å². The quantitative estimate of drug-likeness (QED) is 0.329. The largest absolute Gasteiger partial charge is 0.385 e. The van der Waals surface area contributed by atoms with Crippen LogP contribution in [0.2, 0.25) is 0 Å². The van der Waals surface area contributed by atoms with Crippen molar-refractivity contribution in [2.75, 3.05) is 0 Å². The van der Waals surface area contributed by atoms with Crippen molar-refractivity contribution in [1.82, 2.24) is 15.3 Å². The molecule has 3 aromatic rings. The van der Waals surface area contributed by atoms with Crippen molar-refractivity contribution in [3.05, 3.63) is 121 Å². The molecule has 1 unspecified atom stereocenters. The highest BCUT2D eigenvalue weighted by molar-refractivity contribution is 5.12. The van der Waals surface area contributed by atoms with E-state index in [0.29, 0.717) is 6.04 Å². The smallest absolute Gasteiger partial charge is 0.0413 e. The number of hydrogen-bond acceptors (Lipinski definition) is 3. The molecule has 37 heavy (non-hydrogen) atoms. The van der Waals surface area contributed by atoms with Crippen LogP contribution in [0.1, 0.15) is 85.7 Å². The Morgan fingerprint density at radius 1 is 0.622 bits per heavy atom. The van der Waals surface area contributed by atoms with Gasteiger partial charge in [-0.15, -0.1) is 0 Å². The van der Waals surface area contributed by atoms with Gasteiger partial charge in [-0.25, -0.2) is 0 Å². The molecular weight excluding hydrogens is 450 g/mol. The molecule has 0 saturated heterocycles. The molecular formula is C34H57N3. The van der Waals surface area contributed by atoms with Crippen LogP contribution >= 0.6 is 0 Å². The number of aryl methyl sites for hydroxylation is 3. The van der Waals surface area contributed by atoms with E-state index in [9.17, 15) is 0 Å². The minimum Gasteiger partial charge on any atom is -0.385 e. The van der Waals surface area contributed by atoms with Crippen molar-refractivity contribution in [3.8, 4) is 0 Å². The number of dihydropyridines is 1. The summed E-state index contributed by atoms with van der Waals surface area (Å²) >= 11 is 0. The van der Waals surface area contributed by atoms with Gasteiger partial charge in [0.05, 0.1) is 0 Å². The van der Waals surface area contributed by atoms with Gasteiger partial charge < -0.3 is 5.32 Å². The first kappa shape index (κ1) is 40.9. The van der Waals surface area contributed by atoms with Crippen LogP contribution in [-0.2, 0) is 0 Å². The van der Waals surface area contributed by atoms with Crippen molar-refractivity contribution >= 4 is 0 Å². The Bertz CT molecular complexity index is 709. The number of rotatable bonds is 0. The molecule has 0 bridgehead atoms. The summed E-state index contributed by atoms with van der Waals surface area (Å²) in [6.45, 7) is 24.4. The minimum absolute atomic E-state index is 0.519. The molecule has 1 aromatic carbocycles. The number of aromatic nitrogens is 2. The molecule has 3 nitrogen and oxygen atoms in total. The molecule has 1 atom stereocenters. The zero-order valence-electron chi connectivity index (χ0n) is 26.0. The van der Waals surface area contributed by atoms with Crippen LogP contribution < -0.4 is 5.32 Å². The van der Waals surface area contributed by atoms with E-state index < -0.39 is 0 Å². The minimum atomic E-state index is 0.519. The lowest BCUT2D eigenvalue weighted by Gasteiger charge is -2.07. The molecule has 1 aliphatic heterocycles. The maximum absolute atomic E-state index is 3.98. The molecule has 2 aromatic heterocycles. The van der Waals surface area contributed by atoms with Crippen LogP contribution in [0.25, 0.3) is 0 Å². The molecule has 3 heterocycles. The number of nitrogens with zero attached hydrogens (tertiary/aromatic N) is 2. The van der Waals surface area contributed by atoms with Crippen LogP contribution in [-0.4, -0.2) is 16.0 Å². The fourth-order valence-electron chi connectivity index (χ4n) is 1.98. The maximum atomic E-state index is 3.98. The Hall–Kier alpha value is -3.20. The van der Waals surface area contributed by atoms with Crippen molar-refractivity contribution in [1.29, 1.82) is 0 Å². The second-order valence-electron chi connectivity index (χ2n) is 7.00. The Labute approximate surface area is 231 Å². The van der Waals surface area contributed by atoms with Gasteiger partial charge in [0.1, 0.15) is 0 Å². The van der Waals surface area contributed by atoms with Crippen molar-refractivity contribution in [3.63, 3.8) is 0 Å². The average Bonchev–Trinajstić information content (AvgIpc) is 2.95. The molecule has 3 heteroatoms. The first-order valence-corrected chi connectivity index (χ1v) is 13.9. The lowest BCUT2D eigenvalue weighted by molar-refractivity contribution is 0.761. The summed E-state index contributed by atoms with van der Waals surface area (Å²) in [5.74, 6) is 0. The number of benzene rings is 1. The Morgan fingerprint density at radius 2 is 1.03 bits per heavy atom. The van der Waals surface area contributed by atoms with E-state index in [1.54, 1.807) is 12.4 Å². The topological polar surface area (TPSA) is 37.8 Å². The standard InChI is InChI=1S/C7H8.C6H9N.2C6H7N.C3H8.3C2H6/c1-7-5-3-2-4-6-7;3*1-6-4-2-3-5-7-6;1-3-2;3*1-2/h2-6H,1H3;2-7H,1H3;2*2-5H,1H3;3H2,1-2H3;3*1-2H3. The molecule has 0 radical (unpaired) electrons. The normalized spacial score (nSPS) is 11.1. The van der Waals surface area contributed by atoms with Crippen LogP contribution in [0, 0.1) is 20.8 Å². The van der Waals surface area contributed by atoms with E-state index in [-0.39, 0.29) is 0 Å². The predicted molar refractivity (Wildman–Crippen MR) is 170 cm³/mol. The highest BCUT2D eigenvalue weighted by Crippen LogP contribution is 1.92. The lowest BCUT2D eigenvalue weighted by Crippen LogP contribution is -2.18. The lowest BCUT2D eigenvalue weighted by atomic mass is 10.2. The number of hydrogen-bond donors (Lipinski definition) is 1. The SMILES string of the molecule is CC.CC.CC.CC1C=CC=CN1.CCC.Cc1ccccc1.Cc1ccccn1.Cc1ccccn1. The summed E-state index contributed by atoms with van der Waals surface area (Å²) < 4.78 is 0. The third-order valence-corrected chi connectivity index (χ3v) is 3.53. The van der Waals surface area contributed by atoms with E-state index in [2.05, 4.69) is 61.2 Å². The van der Waals surface area contributed by atoms with Gasteiger partial charge in [-0.3, -0.25) is 9.97 Å². The molecule has 208 valence electrons. The summed E-state index contributed by atoms with van der Waals surface area (Å²) in [6, 6.07) is 22.5. The van der Waals surface area contributed by atoms with Crippen LogP contribution in [0.15, 0.2) is 104 Å². The van der Waals surface area contributed by atoms with E-state index in [1.807, 2.05) is 128 Å². The molecule has 0 spiro atoms. The van der Waals surface area contributed by atoms with Crippen LogP contribution in [0.4, 0.5) is 0 Å². The highest BCUT2D eigenvalue weighted by atomic mass is 14.9. The van der Waals surface area contributed by atoms with Gasteiger partial charge >= 0.3 is 0 Å². The number of allylic oxidation sites excluding steroid dienone is 2. The number of pyridine rings is 2. The summed E-state index contributed by atoms with van der Waals surface area (Å²) in [7, 11) is 0.